The highest BCUT2D eigenvalue weighted by Crippen LogP contribution is 2.38. The fourth-order valence-corrected chi connectivity index (χ4v) is 5.57. The van der Waals surface area contributed by atoms with Crippen molar-refractivity contribution < 1.29 is 18.7 Å². The van der Waals surface area contributed by atoms with Crippen LogP contribution in [-0.2, 0) is 28.8 Å². The zero-order valence-corrected chi connectivity index (χ0v) is 19.7. The first-order chi connectivity index (χ1) is 15.5. The van der Waals surface area contributed by atoms with Crippen LogP contribution < -0.4 is 10.6 Å². The second kappa shape index (κ2) is 9.88. The molecular formula is C25H30N2O4S. The summed E-state index contributed by atoms with van der Waals surface area (Å²) in [6, 6.07) is 4.06. The molecule has 2 N–H and O–H groups in total. The average molecular weight is 455 g/mol. The molecule has 0 fully saturated rings. The molecule has 2 amide bonds. The SMILES string of the molecule is COCCCNC(=O)c1c(NC(=O)Cc2coc3c(C)c(C)ccc23)sc2c1CCCC2. The minimum absolute atomic E-state index is 0.115. The Morgan fingerprint density at radius 3 is 2.81 bits per heavy atom. The molecule has 3 aromatic rings. The van der Waals surface area contributed by atoms with E-state index in [9.17, 15) is 9.59 Å². The largest absolute Gasteiger partial charge is 0.464 e. The molecule has 7 heteroatoms. The lowest BCUT2D eigenvalue weighted by Gasteiger charge is -2.13. The molecule has 2 aromatic heterocycles. The van der Waals surface area contributed by atoms with E-state index in [0.717, 1.165) is 65.3 Å². The number of amides is 2. The summed E-state index contributed by atoms with van der Waals surface area (Å²) < 4.78 is 10.8. The molecule has 0 radical (unpaired) electrons. The monoisotopic (exact) mass is 454 g/mol. The van der Waals surface area contributed by atoms with E-state index in [1.807, 2.05) is 26.0 Å². The smallest absolute Gasteiger partial charge is 0.254 e. The van der Waals surface area contributed by atoms with Crippen molar-refractivity contribution in [2.24, 2.45) is 0 Å². The maximum atomic E-state index is 13.0. The van der Waals surface area contributed by atoms with Crippen molar-refractivity contribution in [3.63, 3.8) is 0 Å². The third-order valence-electron chi connectivity index (χ3n) is 6.15. The fraction of sp³-hybridized carbons (Fsp3) is 0.440. The summed E-state index contributed by atoms with van der Waals surface area (Å²) in [6.45, 7) is 5.22. The standard InChI is InChI=1S/C25H30N2O4S/c1-15-9-10-18-17(14-31-23(18)16(15)2)13-21(28)27-25-22(24(29)26-11-6-12-30-3)19-7-4-5-8-20(19)32-25/h9-10,14H,4-8,11-13H2,1-3H3,(H,26,29)(H,27,28). The number of carbonyl (C=O) groups is 2. The van der Waals surface area contributed by atoms with E-state index in [4.69, 9.17) is 9.15 Å². The van der Waals surface area contributed by atoms with E-state index in [1.54, 1.807) is 24.7 Å². The van der Waals surface area contributed by atoms with Crippen LogP contribution in [0.15, 0.2) is 22.8 Å². The maximum Gasteiger partial charge on any atom is 0.254 e. The molecule has 0 saturated heterocycles. The number of aryl methyl sites for hydroxylation is 3. The number of rotatable bonds is 8. The number of benzene rings is 1. The fourth-order valence-electron chi connectivity index (χ4n) is 4.27. The Balaban J connectivity index is 1.53. The molecule has 170 valence electrons. The number of fused-ring (bicyclic) bond motifs is 2. The van der Waals surface area contributed by atoms with Crippen molar-refractivity contribution in [3.05, 3.63) is 51.1 Å². The van der Waals surface area contributed by atoms with Crippen molar-refractivity contribution in [2.75, 3.05) is 25.6 Å². The lowest BCUT2D eigenvalue weighted by atomic mass is 9.95. The van der Waals surface area contributed by atoms with Gasteiger partial charge in [-0.1, -0.05) is 12.1 Å². The number of nitrogens with one attached hydrogen (secondary N) is 2. The summed E-state index contributed by atoms with van der Waals surface area (Å²) in [4.78, 5) is 27.2. The normalized spacial score (nSPS) is 13.2. The Hall–Kier alpha value is -2.64. The third-order valence-corrected chi connectivity index (χ3v) is 7.36. The molecule has 1 aromatic carbocycles. The van der Waals surface area contributed by atoms with Crippen LogP contribution in [0, 0.1) is 13.8 Å². The summed E-state index contributed by atoms with van der Waals surface area (Å²) in [6.07, 6.45) is 6.66. The van der Waals surface area contributed by atoms with Crippen LogP contribution in [0.3, 0.4) is 0 Å². The van der Waals surface area contributed by atoms with Gasteiger partial charge < -0.3 is 19.8 Å². The van der Waals surface area contributed by atoms with Gasteiger partial charge in [-0.25, -0.2) is 0 Å². The molecule has 0 aliphatic heterocycles. The van der Waals surface area contributed by atoms with Crippen LogP contribution in [0.2, 0.25) is 0 Å². The van der Waals surface area contributed by atoms with E-state index in [2.05, 4.69) is 10.6 Å². The van der Waals surface area contributed by atoms with Gasteiger partial charge in [0.25, 0.3) is 5.91 Å². The highest BCUT2D eigenvalue weighted by atomic mass is 32.1. The van der Waals surface area contributed by atoms with Crippen molar-refractivity contribution in [2.45, 2.75) is 52.4 Å². The van der Waals surface area contributed by atoms with Gasteiger partial charge in [-0.3, -0.25) is 9.59 Å². The molecule has 0 unspecified atom stereocenters. The predicted molar refractivity (Wildman–Crippen MR) is 128 cm³/mol. The summed E-state index contributed by atoms with van der Waals surface area (Å²) in [5.74, 6) is -0.256. The summed E-state index contributed by atoms with van der Waals surface area (Å²) in [7, 11) is 1.65. The van der Waals surface area contributed by atoms with Crippen molar-refractivity contribution in [1.82, 2.24) is 5.32 Å². The lowest BCUT2D eigenvalue weighted by Crippen LogP contribution is -2.27. The minimum atomic E-state index is -0.141. The van der Waals surface area contributed by atoms with E-state index in [-0.39, 0.29) is 18.2 Å². The van der Waals surface area contributed by atoms with Crippen LogP contribution in [0.5, 0.6) is 0 Å². The van der Waals surface area contributed by atoms with Gasteiger partial charge in [0.1, 0.15) is 10.6 Å². The number of methoxy groups -OCH3 is 1. The topological polar surface area (TPSA) is 80.6 Å². The number of anilines is 1. The number of hydrogen-bond donors (Lipinski definition) is 2. The molecule has 0 saturated carbocycles. The van der Waals surface area contributed by atoms with E-state index in [1.165, 1.54) is 4.88 Å². The van der Waals surface area contributed by atoms with Gasteiger partial charge in [-0.05, 0) is 62.6 Å². The molecule has 1 aliphatic carbocycles. The molecular weight excluding hydrogens is 424 g/mol. The van der Waals surface area contributed by atoms with Gasteiger partial charge in [0, 0.05) is 36.1 Å². The van der Waals surface area contributed by atoms with Crippen molar-refractivity contribution in [1.29, 1.82) is 0 Å². The summed E-state index contributed by atoms with van der Waals surface area (Å²) >= 11 is 1.54. The molecule has 0 atom stereocenters. The molecule has 1 aliphatic rings. The van der Waals surface area contributed by atoms with Crippen LogP contribution in [0.1, 0.15) is 56.8 Å². The van der Waals surface area contributed by atoms with Crippen LogP contribution >= 0.6 is 11.3 Å². The highest BCUT2D eigenvalue weighted by Gasteiger charge is 2.26. The zero-order valence-electron chi connectivity index (χ0n) is 18.9. The zero-order chi connectivity index (χ0) is 22.7. The van der Waals surface area contributed by atoms with Gasteiger partial charge in [-0.2, -0.15) is 0 Å². The van der Waals surface area contributed by atoms with Gasteiger partial charge >= 0.3 is 0 Å². The molecule has 0 spiro atoms. The Labute approximate surface area is 192 Å². The summed E-state index contributed by atoms with van der Waals surface area (Å²) in [5, 5.41) is 7.64. The highest BCUT2D eigenvalue weighted by molar-refractivity contribution is 7.17. The van der Waals surface area contributed by atoms with Gasteiger partial charge in [0.15, 0.2) is 0 Å². The Morgan fingerprint density at radius 1 is 1.19 bits per heavy atom. The second-order valence-electron chi connectivity index (χ2n) is 8.39. The van der Waals surface area contributed by atoms with E-state index >= 15 is 0 Å². The third kappa shape index (κ3) is 4.59. The molecule has 6 nitrogen and oxygen atoms in total. The van der Waals surface area contributed by atoms with E-state index < -0.39 is 0 Å². The minimum Gasteiger partial charge on any atom is -0.464 e. The number of ether oxygens (including phenoxy) is 1. The number of thiophene rings is 1. The van der Waals surface area contributed by atoms with Crippen LogP contribution in [0.25, 0.3) is 11.0 Å². The van der Waals surface area contributed by atoms with Crippen LogP contribution in [-0.4, -0.2) is 32.1 Å². The molecule has 4 rings (SSSR count). The first-order valence-corrected chi connectivity index (χ1v) is 12.0. The Bertz CT molecular complexity index is 1140. The lowest BCUT2D eigenvalue weighted by molar-refractivity contribution is -0.115. The maximum absolute atomic E-state index is 13.0. The van der Waals surface area contributed by atoms with Gasteiger partial charge in [0.2, 0.25) is 5.91 Å². The van der Waals surface area contributed by atoms with E-state index in [0.29, 0.717) is 23.7 Å². The quantitative estimate of drug-likeness (QED) is 0.473. The van der Waals surface area contributed by atoms with Crippen molar-refractivity contribution >= 4 is 39.1 Å². The molecule has 2 heterocycles. The van der Waals surface area contributed by atoms with Crippen molar-refractivity contribution in [3.8, 4) is 0 Å². The van der Waals surface area contributed by atoms with Gasteiger partial charge in [-0.15, -0.1) is 11.3 Å². The Kier molecular flexibility index (Phi) is 6.96. The molecule has 32 heavy (non-hydrogen) atoms. The molecule has 0 bridgehead atoms. The number of hydrogen-bond acceptors (Lipinski definition) is 5. The second-order valence-corrected chi connectivity index (χ2v) is 9.49. The first-order valence-electron chi connectivity index (χ1n) is 11.2. The van der Waals surface area contributed by atoms with Gasteiger partial charge in [0.05, 0.1) is 18.2 Å². The predicted octanol–water partition coefficient (Wildman–Crippen LogP) is 4.94. The Morgan fingerprint density at radius 2 is 2.00 bits per heavy atom. The van der Waals surface area contributed by atoms with Crippen LogP contribution in [0.4, 0.5) is 5.00 Å². The number of furan rings is 1. The summed E-state index contributed by atoms with van der Waals surface area (Å²) in [5.41, 5.74) is 5.67. The number of carbonyl (C=O) groups excluding carboxylic acids is 2. The average Bonchev–Trinajstić information content (AvgIpc) is 3.35. The first kappa shape index (κ1) is 22.6.